The van der Waals surface area contributed by atoms with Crippen LogP contribution in [0.3, 0.4) is 0 Å². The van der Waals surface area contributed by atoms with E-state index < -0.39 is 20.0 Å². The monoisotopic (exact) mass is 198 g/mol. The van der Waals surface area contributed by atoms with Crippen molar-refractivity contribution >= 4 is 7.19 Å². The minimum Gasteiger partial charge on any atom is -0.398 e. The second kappa shape index (κ2) is 4.83. The van der Waals surface area contributed by atoms with Gasteiger partial charge in [-0.3, -0.25) is 0 Å². The molecule has 0 fully saturated rings. The van der Waals surface area contributed by atoms with Crippen molar-refractivity contribution in [2.75, 3.05) is 34.8 Å². The highest BCUT2D eigenvalue weighted by atomic mass is 19.4. The molecule has 0 aromatic heterocycles. The molecule has 0 aliphatic heterocycles. The Hall–Kier alpha value is -0.265. The molecular formula is C6H14BF3N2O. The highest BCUT2D eigenvalue weighted by molar-refractivity contribution is 6.45. The zero-order valence-electron chi connectivity index (χ0n) is 8.22. The zero-order chi connectivity index (χ0) is 10.6. The molecular weight excluding hydrogens is 184 g/mol. The highest BCUT2D eigenvalue weighted by Gasteiger charge is 2.32. The SMILES string of the molecule is CN(C)B(OCC(F)(F)F)N(C)C. The Bertz CT molecular complexity index is 143. The number of nitrogens with zero attached hydrogens (tertiary/aromatic N) is 2. The third-order valence-corrected chi connectivity index (χ3v) is 1.28. The molecule has 3 nitrogen and oxygen atoms in total. The smallest absolute Gasteiger partial charge is 0.398 e. The second-order valence-corrected chi connectivity index (χ2v) is 3.18. The molecule has 13 heavy (non-hydrogen) atoms. The molecule has 0 saturated carbocycles. The largest absolute Gasteiger partial charge is 0.478 e. The molecule has 0 aliphatic carbocycles. The van der Waals surface area contributed by atoms with E-state index in [0.29, 0.717) is 0 Å². The van der Waals surface area contributed by atoms with Crippen molar-refractivity contribution in [2.24, 2.45) is 0 Å². The van der Waals surface area contributed by atoms with E-state index in [9.17, 15) is 13.2 Å². The molecule has 0 saturated heterocycles. The van der Waals surface area contributed by atoms with Gasteiger partial charge in [0, 0.05) is 0 Å². The molecule has 0 amide bonds. The summed E-state index contributed by atoms with van der Waals surface area (Å²) in [4.78, 5) is 3.12. The maximum Gasteiger partial charge on any atom is 0.478 e. The van der Waals surface area contributed by atoms with Crippen LogP contribution in [0, 0.1) is 0 Å². The summed E-state index contributed by atoms with van der Waals surface area (Å²) in [7, 11) is 5.96. The second-order valence-electron chi connectivity index (χ2n) is 3.18. The van der Waals surface area contributed by atoms with E-state index in [1.54, 1.807) is 37.8 Å². The molecule has 0 aromatic carbocycles. The van der Waals surface area contributed by atoms with Gasteiger partial charge in [0.15, 0.2) is 0 Å². The average Bonchev–Trinajstić information content (AvgIpc) is 1.82. The minimum atomic E-state index is -4.27. The van der Waals surface area contributed by atoms with Crippen molar-refractivity contribution in [3.8, 4) is 0 Å². The van der Waals surface area contributed by atoms with E-state index in [-0.39, 0.29) is 0 Å². The van der Waals surface area contributed by atoms with Gasteiger partial charge in [0.1, 0.15) is 6.61 Å². The minimum absolute atomic E-state index is 0.651. The Morgan fingerprint density at radius 3 is 1.69 bits per heavy atom. The van der Waals surface area contributed by atoms with Crippen LogP contribution in [-0.4, -0.2) is 57.8 Å². The van der Waals surface area contributed by atoms with E-state index in [1.807, 2.05) is 0 Å². The van der Waals surface area contributed by atoms with Crippen LogP contribution in [0.1, 0.15) is 0 Å². The van der Waals surface area contributed by atoms with Gasteiger partial charge >= 0.3 is 13.4 Å². The number of hydrogen-bond donors (Lipinski definition) is 0. The summed E-state index contributed by atoms with van der Waals surface area (Å²) < 4.78 is 40.0. The van der Waals surface area contributed by atoms with Gasteiger partial charge < -0.3 is 14.3 Å². The fourth-order valence-electron chi connectivity index (χ4n) is 0.929. The third-order valence-electron chi connectivity index (χ3n) is 1.28. The van der Waals surface area contributed by atoms with Gasteiger partial charge in [0.05, 0.1) is 0 Å². The van der Waals surface area contributed by atoms with Gasteiger partial charge in [-0.1, -0.05) is 0 Å². The van der Waals surface area contributed by atoms with Gasteiger partial charge in [-0.25, -0.2) is 0 Å². The summed E-state index contributed by atoms with van der Waals surface area (Å²) in [6.07, 6.45) is -4.27. The van der Waals surface area contributed by atoms with Crippen molar-refractivity contribution < 1.29 is 17.8 Å². The lowest BCUT2D eigenvalue weighted by Crippen LogP contribution is -2.49. The summed E-state index contributed by atoms with van der Waals surface area (Å²) >= 11 is 0. The molecule has 0 rings (SSSR count). The molecule has 0 unspecified atom stereocenters. The standard InChI is InChI=1S/C6H14BF3N2O/c1-11(2)7(12(3)4)13-5-6(8,9)10/h5H2,1-4H3. The molecule has 0 atom stereocenters. The van der Waals surface area contributed by atoms with Crippen LogP contribution in [-0.2, 0) is 4.65 Å². The first-order chi connectivity index (χ1) is 5.74. The Balaban J connectivity index is 3.98. The van der Waals surface area contributed by atoms with Crippen LogP contribution in [0.15, 0.2) is 0 Å². The van der Waals surface area contributed by atoms with Crippen LogP contribution in [0.2, 0.25) is 0 Å². The summed E-state index contributed by atoms with van der Waals surface area (Å²) in [5.74, 6) is 0. The Labute approximate surface area is 76.6 Å². The first kappa shape index (κ1) is 12.7. The van der Waals surface area contributed by atoms with Gasteiger partial charge in [0.2, 0.25) is 0 Å². The van der Waals surface area contributed by atoms with Gasteiger partial charge in [-0.2, -0.15) is 13.2 Å². The van der Waals surface area contributed by atoms with E-state index in [4.69, 9.17) is 0 Å². The summed E-state index contributed by atoms with van der Waals surface area (Å²) in [6, 6.07) is 0. The van der Waals surface area contributed by atoms with E-state index >= 15 is 0 Å². The van der Waals surface area contributed by atoms with Crippen LogP contribution in [0.25, 0.3) is 0 Å². The van der Waals surface area contributed by atoms with Gasteiger partial charge in [-0.05, 0) is 28.2 Å². The number of alkyl halides is 3. The Morgan fingerprint density at radius 2 is 1.46 bits per heavy atom. The van der Waals surface area contributed by atoms with Crippen molar-refractivity contribution in [1.82, 2.24) is 9.62 Å². The molecule has 0 radical (unpaired) electrons. The predicted molar refractivity (Wildman–Crippen MR) is 45.1 cm³/mol. The molecule has 0 N–H and O–H groups in total. The number of rotatable bonds is 4. The van der Waals surface area contributed by atoms with Crippen molar-refractivity contribution in [1.29, 1.82) is 0 Å². The fourth-order valence-corrected chi connectivity index (χ4v) is 0.929. The quantitative estimate of drug-likeness (QED) is 0.617. The van der Waals surface area contributed by atoms with Crippen LogP contribution < -0.4 is 0 Å². The molecule has 78 valence electrons. The maximum atomic E-state index is 11.8. The molecule has 0 spiro atoms. The van der Waals surface area contributed by atoms with Crippen LogP contribution in [0.4, 0.5) is 13.2 Å². The molecule has 0 bridgehead atoms. The summed E-state index contributed by atoms with van der Waals surface area (Å²) in [5, 5.41) is 0. The summed E-state index contributed by atoms with van der Waals surface area (Å²) in [5.41, 5.74) is 0. The molecule has 0 aromatic rings. The fraction of sp³-hybridized carbons (Fsp3) is 1.00. The van der Waals surface area contributed by atoms with E-state index in [0.717, 1.165) is 0 Å². The lowest BCUT2D eigenvalue weighted by molar-refractivity contribution is -0.156. The Morgan fingerprint density at radius 1 is 1.08 bits per heavy atom. The summed E-state index contributed by atoms with van der Waals surface area (Å²) in [6.45, 7) is -1.23. The van der Waals surface area contributed by atoms with E-state index in [2.05, 4.69) is 4.65 Å². The molecule has 7 heteroatoms. The van der Waals surface area contributed by atoms with E-state index in [1.165, 1.54) is 0 Å². The highest BCUT2D eigenvalue weighted by Crippen LogP contribution is 2.15. The van der Waals surface area contributed by atoms with Crippen molar-refractivity contribution in [3.05, 3.63) is 0 Å². The lowest BCUT2D eigenvalue weighted by Gasteiger charge is -2.25. The maximum absolute atomic E-state index is 11.8. The predicted octanol–water partition coefficient (Wildman–Crippen LogP) is 0.673. The number of hydrogen-bond acceptors (Lipinski definition) is 3. The van der Waals surface area contributed by atoms with Gasteiger partial charge in [0.25, 0.3) is 0 Å². The number of halogens is 3. The van der Waals surface area contributed by atoms with Crippen LogP contribution in [0.5, 0.6) is 0 Å². The van der Waals surface area contributed by atoms with Crippen molar-refractivity contribution in [3.63, 3.8) is 0 Å². The lowest BCUT2D eigenvalue weighted by atomic mass is 9.97. The Kier molecular flexibility index (Phi) is 4.73. The first-order valence-electron chi connectivity index (χ1n) is 3.75. The topological polar surface area (TPSA) is 15.7 Å². The zero-order valence-corrected chi connectivity index (χ0v) is 8.22. The normalized spacial score (nSPS) is 12.7. The third kappa shape index (κ3) is 5.90. The van der Waals surface area contributed by atoms with Crippen molar-refractivity contribution in [2.45, 2.75) is 6.18 Å². The van der Waals surface area contributed by atoms with Crippen LogP contribution >= 0.6 is 0 Å². The molecule has 0 heterocycles. The molecule has 0 aliphatic rings. The van der Waals surface area contributed by atoms with Gasteiger partial charge in [-0.15, -0.1) is 0 Å². The average molecular weight is 198 g/mol. The first-order valence-corrected chi connectivity index (χ1v) is 3.75.